The molecule has 198 valence electrons. The Balaban J connectivity index is 1.61. The summed E-state index contributed by atoms with van der Waals surface area (Å²) in [5, 5.41) is 14.3. The van der Waals surface area contributed by atoms with Crippen LogP contribution in [0.15, 0.2) is 84.9 Å². The Morgan fingerprint density at radius 2 is 1.50 bits per heavy atom. The zero-order valence-corrected chi connectivity index (χ0v) is 19.6. The molecule has 0 saturated heterocycles. The average molecular weight is 533 g/mol. The number of nitrogens with one attached hydrogen (secondary N) is 1. The van der Waals surface area contributed by atoms with Crippen LogP contribution in [-0.4, -0.2) is 29.6 Å². The van der Waals surface area contributed by atoms with Crippen LogP contribution in [0.5, 0.6) is 5.75 Å². The maximum Gasteiger partial charge on any atom is 0.461 e. The van der Waals surface area contributed by atoms with E-state index in [0.717, 1.165) is 30.3 Å². The van der Waals surface area contributed by atoms with E-state index in [-0.39, 0.29) is 22.9 Å². The van der Waals surface area contributed by atoms with E-state index in [4.69, 9.17) is 0 Å². The Bertz CT molecular complexity index is 1410. The van der Waals surface area contributed by atoms with Crippen LogP contribution in [0.4, 0.5) is 26.3 Å². The van der Waals surface area contributed by atoms with Crippen LogP contribution in [0, 0.1) is 11.6 Å². The number of alkyl halides is 4. The summed E-state index contributed by atoms with van der Waals surface area (Å²) in [6.07, 6.45) is -10.1. The summed E-state index contributed by atoms with van der Waals surface area (Å²) >= 11 is 0. The van der Waals surface area contributed by atoms with Crippen molar-refractivity contribution in [3.8, 4) is 5.75 Å². The SMILES string of the molecule is O=C(NC(Cc1ccc(OC(F)(F)C(F)F)cc1)C(O)c1ccc(F)cc1)c1ccc(F)c2ccccc12. The number of benzene rings is 4. The van der Waals surface area contributed by atoms with Gasteiger partial charge in [-0.05, 0) is 59.3 Å². The number of aliphatic hydroxyl groups is 1. The molecular weight excluding hydrogens is 512 g/mol. The quantitative estimate of drug-likeness (QED) is 0.244. The molecule has 2 unspecified atom stereocenters. The van der Waals surface area contributed by atoms with Gasteiger partial charge in [-0.3, -0.25) is 4.79 Å². The van der Waals surface area contributed by atoms with Crippen molar-refractivity contribution < 1.29 is 41.0 Å². The van der Waals surface area contributed by atoms with Gasteiger partial charge >= 0.3 is 12.5 Å². The first-order valence-corrected chi connectivity index (χ1v) is 11.4. The van der Waals surface area contributed by atoms with Crippen LogP contribution in [0.2, 0.25) is 0 Å². The number of amides is 1. The molecule has 0 bridgehead atoms. The molecule has 4 aromatic rings. The van der Waals surface area contributed by atoms with Crippen LogP contribution in [-0.2, 0) is 6.42 Å². The normalized spacial score (nSPS) is 13.4. The highest BCUT2D eigenvalue weighted by Crippen LogP contribution is 2.29. The zero-order chi connectivity index (χ0) is 27.4. The van der Waals surface area contributed by atoms with Gasteiger partial charge in [0.1, 0.15) is 17.4 Å². The summed E-state index contributed by atoms with van der Waals surface area (Å²) < 4.78 is 83.0. The average Bonchev–Trinajstić information content (AvgIpc) is 2.89. The third kappa shape index (κ3) is 6.08. The Morgan fingerprint density at radius 1 is 0.868 bits per heavy atom. The van der Waals surface area contributed by atoms with Gasteiger partial charge in [-0.2, -0.15) is 17.6 Å². The Morgan fingerprint density at radius 3 is 2.13 bits per heavy atom. The number of carbonyl (C=O) groups excluding carboxylic acids is 1. The lowest BCUT2D eigenvalue weighted by Crippen LogP contribution is -2.41. The highest BCUT2D eigenvalue weighted by atomic mass is 19.3. The lowest BCUT2D eigenvalue weighted by Gasteiger charge is -2.25. The van der Waals surface area contributed by atoms with Gasteiger partial charge in [-0.25, -0.2) is 8.78 Å². The molecule has 4 nitrogen and oxygen atoms in total. The topological polar surface area (TPSA) is 58.6 Å². The van der Waals surface area contributed by atoms with Crippen LogP contribution < -0.4 is 10.1 Å². The summed E-state index contributed by atoms with van der Waals surface area (Å²) in [5.41, 5.74) is 0.876. The van der Waals surface area contributed by atoms with E-state index in [0.29, 0.717) is 10.9 Å². The molecular formula is C28H21F6NO3. The number of fused-ring (bicyclic) bond motifs is 1. The van der Waals surface area contributed by atoms with Crippen molar-refractivity contribution in [1.29, 1.82) is 0 Å². The van der Waals surface area contributed by atoms with E-state index in [9.17, 15) is 36.2 Å². The molecule has 1 amide bonds. The van der Waals surface area contributed by atoms with E-state index < -0.39 is 48.0 Å². The first-order chi connectivity index (χ1) is 18.0. The standard InChI is InChI=1S/C28H21F6NO3/c29-18-9-7-17(8-10-18)25(36)24(15-16-5-11-19(12-6-16)38-28(33,34)27(31)32)35-26(37)22-13-14-23(30)21-4-2-1-3-20(21)22/h1-14,24-25,27,36H,15H2,(H,35,37). The lowest BCUT2D eigenvalue weighted by atomic mass is 9.95. The first kappa shape index (κ1) is 27.0. The molecule has 0 aliphatic carbocycles. The smallest absolute Gasteiger partial charge is 0.428 e. The molecule has 0 fully saturated rings. The number of hydrogen-bond donors (Lipinski definition) is 2. The van der Waals surface area contributed by atoms with Crippen molar-refractivity contribution in [2.24, 2.45) is 0 Å². The van der Waals surface area contributed by atoms with Crippen molar-refractivity contribution in [2.45, 2.75) is 31.1 Å². The van der Waals surface area contributed by atoms with Crippen molar-refractivity contribution in [1.82, 2.24) is 5.32 Å². The lowest BCUT2D eigenvalue weighted by molar-refractivity contribution is -0.253. The maximum atomic E-state index is 14.2. The fourth-order valence-electron chi connectivity index (χ4n) is 3.99. The van der Waals surface area contributed by atoms with Crippen molar-refractivity contribution >= 4 is 16.7 Å². The first-order valence-electron chi connectivity index (χ1n) is 11.4. The fraction of sp³-hybridized carbons (Fsp3) is 0.179. The van der Waals surface area contributed by atoms with Crippen LogP contribution in [0.25, 0.3) is 10.8 Å². The van der Waals surface area contributed by atoms with Gasteiger partial charge in [-0.1, -0.05) is 48.5 Å². The third-order valence-electron chi connectivity index (χ3n) is 5.91. The molecule has 0 heterocycles. The molecule has 0 aromatic heterocycles. The van der Waals surface area contributed by atoms with Crippen LogP contribution in [0.3, 0.4) is 0 Å². The Hall–Kier alpha value is -4.05. The minimum atomic E-state index is -4.67. The van der Waals surface area contributed by atoms with Gasteiger partial charge in [0.05, 0.1) is 12.1 Å². The van der Waals surface area contributed by atoms with Gasteiger partial charge < -0.3 is 15.2 Å². The summed E-state index contributed by atoms with van der Waals surface area (Å²) in [5.74, 6) is -2.17. The van der Waals surface area contributed by atoms with Gasteiger partial charge in [0.25, 0.3) is 5.91 Å². The molecule has 0 aliphatic heterocycles. The number of rotatable bonds is 9. The molecule has 0 saturated carbocycles. The Kier molecular flexibility index (Phi) is 7.91. The van der Waals surface area contributed by atoms with Gasteiger partial charge in [0, 0.05) is 10.9 Å². The molecule has 2 atom stereocenters. The van der Waals surface area contributed by atoms with Crippen LogP contribution in [0.1, 0.15) is 27.6 Å². The number of halogens is 6. The predicted molar refractivity (Wildman–Crippen MR) is 128 cm³/mol. The fourth-order valence-corrected chi connectivity index (χ4v) is 3.99. The zero-order valence-electron chi connectivity index (χ0n) is 19.6. The number of carbonyl (C=O) groups is 1. The highest BCUT2D eigenvalue weighted by molar-refractivity contribution is 6.07. The number of aliphatic hydroxyl groups excluding tert-OH is 1. The highest BCUT2D eigenvalue weighted by Gasteiger charge is 2.44. The predicted octanol–water partition coefficient (Wildman–Crippen LogP) is 6.43. The summed E-state index contributed by atoms with van der Waals surface area (Å²) in [6, 6.07) is 17.5. The van der Waals surface area contributed by atoms with E-state index in [1.54, 1.807) is 18.2 Å². The van der Waals surface area contributed by atoms with Crippen molar-refractivity contribution in [2.75, 3.05) is 0 Å². The van der Waals surface area contributed by atoms with E-state index in [1.807, 2.05) is 0 Å². The molecule has 4 aromatic carbocycles. The molecule has 4 rings (SSSR count). The molecule has 0 aliphatic rings. The van der Waals surface area contributed by atoms with Crippen molar-refractivity contribution in [3.05, 3.63) is 113 Å². The monoisotopic (exact) mass is 533 g/mol. The molecule has 2 N–H and O–H groups in total. The summed E-state index contributed by atoms with van der Waals surface area (Å²) in [6.45, 7) is 0. The van der Waals surface area contributed by atoms with Crippen molar-refractivity contribution in [3.63, 3.8) is 0 Å². The van der Waals surface area contributed by atoms with Gasteiger partial charge in [0.15, 0.2) is 0 Å². The van der Waals surface area contributed by atoms with Crippen LogP contribution >= 0.6 is 0 Å². The second kappa shape index (κ2) is 11.1. The summed E-state index contributed by atoms with van der Waals surface area (Å²) in [7, 11) is 0. The van der Waals surface area contributed by atoms with E-state index >= 15 is 0 Å². The molecule has 38 heavy (non-hydrogen) atoms. The third-order valence-corrected chi connectivity index (χ3v) is 5.91. The maximum absolute atomic E-state index is 14.2. The largest absolute Gasteiger partial charge is 0.461 e. The van der Waals surface area contributed by atoms with Gasteiger partial charge in [0.2, 0.25) is 0 Å². The number of ether oxygens (including phenoxy) is 1. The molecule has 0 spiro atoms. The second-order valence-corrected chi connectivity index (χ2v) is 8.53. The van der Waals surface area contributed by atoms with E-state index in [2.05, 4.69) is 10.1 Å². The minimum Gasteiger partial charge on any atom is -0.428 e. The second-order valence-electron chi connectivity index (χ2n) is 8.53. The Labute approximate surface area is 213 Å². The minimum absolute atomic E-state index is 0.0328. The molecule has 10 heteroatoms. The van der Waals surface area contributed by atoms with Gasteiger partial charge in [-0.15, -0.1) is 0 Å². The number of hydrogen-bond acceptors (Lipinski definition) is 3. The van der Waals surface area contributed by atoms with E-state index in [1.165, 1.54) is 36.4 Å². The summed E-state index contributed by atoms with van der Waals surface area (Å²) in [4.78, 5) is 13.3. The molecule has 0 radical (unpaired) electrons.